The fraction of sp³-hybridized carbons (Fsp3) is 0.833. The van der Waals surface area contributed by atoms with Gasteiger partial charge >= 0.3 is 0 Å². The second-order valence-electron chi connectivity index (χ2n) is 5.01. The fourth-order valence-corrected chi connectivity index (χ4v) is 2.73. The van der Waals surface area contributed by atoms with E-state index in [1.165, 1.54) is 0 Å². The zero-order chi connectivity index (χ0) is 13.0. The van der Waals surface area contributed by atoms with E-state index < -0.39 is 5.41 Å². The van der Waals surface area contributed by atoms with Crippen LogP contribution in [0.5, 0.6) is 0 Å². The Labute approximate surface area is 113 Å². The molecule has 0 bridgehead atoms. The summed E-state index contributed by atoms with van der Waals surface area (Å²) >= 11 is 5.02. The van der Waals surface area contributed by atoms with Gasteiger partial charge in [-0.25, -0.2) is 0 Å². The summed E-state index contributed by atoms with van der Waals surface area (Å²) in [5.74, 6) is 0.00881. The normalized spacial score (nSPS) is 23.1. The van der Waals surface area contributed by atoms with Gasteiger partial charge in [0.1, 0.15) is 0 Å². The Bertz CT molecular complexity index is 325. The third kappa shape index (κ3) is 2.81. The molecule has 0 radical (unpaired) electrons. The van der Waals surface area contributed by atoms with Crippen molar-refractivity contribution in [1.82, 2.24) is 10.2 Å². The van der Waals surface area contributed by atoms with E-state index in [2.05, 4.69) is 10.2 Å². The molecule has 0 aromatic carbocycles. The van der Waals surface area contributed by atoms with Gasteiger partial charge in [0.15, 0.2) is 0 Å². The molecule has 1 saturated heterocycles. The Morgan fingerprint density at radius 1 is 1.39 bits per heavy atom. The average Bonchev–Trinajstić information content (AvgIpc) is 2.28. The summed E-state index contributed by atoms with van der Waals surface area (Å²) in [7, 11) is 0. The van der Waals surface area contributed by atoms with E-state index in [4.69, 9.17) is 22.7 Å². The van der Waals surface area contributed by atoms with Gasteiger partial charge in [-0.1, -0.05) is 18.6 Å². The van der Waals surface area contributed by atoms with E-state index in [0.29, 0.717) is 11.5 Å². The molecule has 1 saturated carbocycles. The molecule has 0 aromatic heterocycles. The highest BCUT2D eigenvalue weighted by molar-refractivity contribution is 7.80. The van der Waals surface area contributed by atoms with Crippen molar-refractivity contribution < 1.29 is 9.53 Å². The molecule has 1 aliphatic carbocycles. The van der Waals surface area contributed by atoms with Crippen molar-refractivity contribution in [1.29, 1.82) is 0 Å². The molecule has 18 heavy (non-hydrogen) atoms. The molecule has 0 spiro atoms. The zero-order valence-corrected chi connectivity index (χ0v) is 11.4. The van der Waals surface area contributed by atoms with Crippen LogP contribution in [0.4, 0.5) is 0 Å². The lowest BCUT2D eigenvalue weighted by Gasteiger charge is -2.39. The van der Waals surface area contributed by atoms with Crippen LogP contribution in [-0.4, -0.2) is 55.2 Å². The minimum atomic E-state index is -0.555. The molecule has 102 valence electrons. The summed E-state index contributed by atoms with van der Waals surface area (Å²) in [4.78, 5) is 14.7. The van der Waals surface area contributed by atoms with Crippen molar-refractivity contribution in [3.05, 3.63) is 0 Å². The van der Waals surface area contributed by atoms with Crippen LogP contribution in [0.25, 0.3) is 0 Å². The highest BCUT2D eigenvalue weighted by atomic mass is 32.1. The van der Waals surface area contributed by atoms with E-state index in [0.717, 1.165) is 52.1 Å². The Morgan fingerprint density at radius 3 is 2.56 bits per heavy atom. The quantitative estimate of drug-likeness (QED) is 0.683. The first-order valence-electron chi connectivity index (χ1n) is 6.53. The van der Waals surface area contributed by atoms with Crippen LogP contribution in [0.3, 0.4) is 0 Å². The number of hydrogen-bond acceptors (Lipinski definition) is 4. The van der Waals surface area contributed by atoms with Gasteiger partial charge in [-0.3, -0.25) is 9.69 Å². The molecule has 6 heteroatoms. The molecule has 1 aliphatic heterocycles. The topological polar surface area (TPSA) is 67.6 Å². The van der Waals surface area contributed by atoms with Crippen LogP contribution in [0, 0.1) is 5.41 Å². The van der Waals surface area contributed by atoms with Crippen molar-refractivity contribution >= 4 is 23.1 Å². The third-order valence-corrected chi connectivity index (χ3v) is 4.32. The highest BCUT2D eigenvalue weighted by Gasteiger charge is 2.46. The molecular weight excluding hydrogens is 250 g/mol. The number of hydrogen-bond donors (Lipinski definition) is 2. The maximum absolute atomic E-state index is 12.1. The Hall–Kier alpha value is -0.720. The highest BCUT2D eigenvalue weighted by Crippen LogP contribution is 2.41. The minimum Gasteiger partial charge on any atom is -0.392 e. The van der Waals surface area contributed by atoms with E-state index >= 15 is 0 Å². The maximum atomic E-state index is 12.1. The molecule has 0 atom stereocenters. The second-order valence-corrected chi connectivity index (χ2v) is 5.45. The summed E-state index contributed by atoms with van der Waals surface area (Å²) in [6.07, 6.45) is 2.63. The van der Waals surface area contributed by atoms with Crippen LogP contribution in [0.15, 0.2) is 0 Å². The molecule has 2 fully saturated rings. The average molecular weight is 271 g/mol. The lowest BCUT2D eigenvalue weighted by Crippen LogP contribution is -2.54. The van der Waals surface area contributed by atoms with Crippen LogP contribution < -0.4 is 11.1 Å². The monoisotopic (exact) mass is 271 g/mol. The first-order valence-corrected chi connectivity index (χ1v) is 6.94. The van der Waals surface area contributed by atoms with Crippen molar-refractivity contribution in [2.75, 3.05) is 39.4 Å². The molecule has 3 N–H and O–H groups in total. The van der Waals surface area contributed by atoms with Gasteiger partial charge in [0.2, 0.25) is 5.91 Å². The maximum Gasteiger partial charge on any atom is 0.233 e. The smallest absolute Gasteiger partial charge is 0.233 e. The molecule has 5 nitrogen and oxygen atoms in total. The number of carbonyl (C=O) groups is 1. The number of morpholine rings is 1. The van der Waals surface area contributed by atoms with Crippen LogP contribution >= 0.6 is 12.2 Å². The Kier molecular flexibility index (Phi) is 4.53. The summed E-state index contributed by atoms with van der Waals surface area (Å²) in [6, 6.07) is 0. The number of thiocarbonyl (C=S) groups is 1. The van der Waals surface area contributed by atoms with Crippen LogP contribution in [0.1, 0.15) is 19.3 Å². The number of carbonyl (C=O) groups excluding carboxylic acids is 1. The zero-order valence-electron chi connectivity index (χ0n) is 10.6. The molecule has 0 unspecified atom stereocenters. The van der Waals surface area contributed by atoms with Gasteiger partial charge in [-0.2, -0.15) is 0 Å². The van der Waals surface area contributed by atoms with E-state index in [-0.39, 0.29) is 5.91 Å². The van der Waals surface area contributed by atoms with Gasteiger partial charge in [-0.15, -0.1) is 0 Å². The standard InChI is InChI=1S/C12H21N3O2S/c13-10(18)12(2-1-3-12)11(16)14-4-5-15-6-8-17-9-7-15/h1-9H2,(H2,13,18)(H,14,16). The molecule has 1 heterocycles. The molecule has 2 rings (SSSR count). The SMILES string of the molecule is NC(=S)C1(C(=O)NCCN2CCOCC2)CCC1. The predicted octanol–water partition coefficient (Wildman–Crippen LogP) is -0.109. The Morgan fingerprint density at radius 2 is 2.06 bits per heavy atom. The van der Waals surface area contributed by atoms with Crippen LogP contribution in [0.2, 0.25) is 0 Å². The van der Waals surface area contributed by atoms with E-state index in [1.54, 1.807) is 0 Å². The third-order valence-electron chi connectivity index (χ3n) is 3.93. The lowest BCUT2D eigenvalue weighted by atomic mass is 9.68. The number of ether oxygens (including phenoxy) is 1. The minimum absolute atomic E-state index is 0.00881. The number of rotatable bonds is 5. The van der Waals surface area contributed by atoms with E-state index in [1.807, 2.05) is 0 Å². The second kappa shape index (κ2) is 5.95. The van der Waals surface area contributed by atoms with Crippen LogP contribution in [-0.2, 0) is 9.53 Å². The van der Waals surface area contributed by atoms with Gasteiger partial charge in [0.25, 0.3) is 0 Å². The van der Waals surface area contributed by atoms with Gasteiger partial charge in [0.05, 0.1) is 23.6 Å². The number of nitrogens with two attached hydrogens (primary N) is 1. The number of nitrogens with zero attached hydrogens (tertiary/aromatic N) is 1. The number of amides is 1. The summed E-state index contributed by atoms with van der Waals surface area (Å²) in [5, 5.41) is 2.97. The van der Waals surface area contributed by atoms with Gasteiger partial charge < -0.3 is 15.8 Å². The van der Waals surface area contributed by atoms with E-state index in [9.17, 15) is 4.79 Å². The molecule has 0 aromatic rings. The Balaban J connectivity index is 1.72. The van der Waals surface area contributed by atoms with Crippen molar-refractivity contribution in [3.63, 3.8) is 0 Å². The lowest BCUT2D eigenvalue weighted by molar-refractivity contribution is -0.130. The molecular formula is C12H21N3O2S. The first-order chi connectivity index (χ1) is 8.65. The molecule has 1 amide bonds. The van der Waals surface area contributed by atoms with Crippen molar-refractivity contribution in [2.24, 2.45) is 11.1 Å². The van der Waals surface area contributed by atoms with Crippen molar-refractivity contribution in [3.8, 4) is 0 Å². The first kappa shape index (κ1) is 13.7. The summed E-state index contributed by atoms with van der Waals surface area (Å²) in [6.45, 7) is 4.97. The molecule has 2 aliphatic rings. The van der Waals surface area contributed by atoms with Crippen molar-refractivity contribution in [2.45, 2.75) is 19.3 Å². The summed E-state index contributed by atoms with van der Waals surface area (Å²) < 4.78 is 5.28. The largest absolute Gasteiger partial charge is 0.392 e. The predicted molar refractivity (Wildman–Crippen MR) is 73.3 cm³/mol. The van der Waals surface area contributed by atoms with Gasteiger partial charge in [0, 0.05) is 26.2 Å². The number of nitrogens with one attached hydrogen (secondary N) is 1. The fourth-order valence-electron chi connectivity index (χ4n) is 2.44. The van der Waals surface area contributed by atoms with Gasteiger partial charge in [-0.05, 0) is 12.8 Å². The summed E-state index contributed by atoms with van der Waals surface area (Å²) in [5.41, 5.74) is 5.14.